The minimum Gasteiger partial charge on any atom is -0.462 e. The van der Waals surface area contributed by atoms with Crippen LogP contribution in [0.2, 0.25) is 0 Å². The van der Waals surface area contributed by atoms with E-state index in [1.807, 2.05) is 0 Å². The SMILES string of the molecule is CC/C=C\C/C=C\C/C=C\C/C=C\C/C=C\C/C=C\C/C=C\CCCCCCCCCCCC(=O)OCC(COC(=O)CCCCCCCCC)OC(=O)CCCCCC/C=C\C/C=C\C/C=C\C/C=C\C/C=C\C/C=C\CC. The zero-order valence-corrected chi connectivity index (χ0v) is 50.8. The molecule has 0 heterocycles. The number of carbonyl (C=O) groups excluding carboxylic acids is 3. The fraction of sp³-hybridized carbons (Fsp3) is 0.603. The Bertz CT molecular complexity index is 1780. The molecule has 0 saturated carbocycles. The van der Waals surface area contributed by atoms with Crippen LogP contribution >= 0.6 is 0 Å². The summed E-state index contributed by atoms with van der Waals surface area (Å²) in [6.45, 7) is 6.34. The molecule has 0 aliphatic heterocycles. The highest BCUT2D eigenvalue weighted by atomic mass is 16.6. The molecule has 0 aromatic carbocycles. The largest absolute Gasteiger partial charge is 0.462 e. The molecule has 0 N–H and O–H groups in total. The molecule has 0 radical (unpaired) electrons. The minimum absolute atomic E-state index is 0.0952. The number of allylic oxidation sites excluding steroid dienone is 26. The van der Waals surface area contributed by atoms with Crippen molar-refractivity contribution in [3.05, 3.63) is 158 Å². The van der Waals surface area contributed by atoms with Gasteiger partial charge in [0.25, 0.3) is 0 Å². The van der Waals surface area contributed by atoms with Crippen LogP contribution in [0, 0.1) is 0 Å². The maximum atomic E-state index is 12.9. The molecule has 6 heteroatoms. The number of hydrogen-bond donors (Lipinski definition) is 0. The quantitative estimate of drug-likeness (QED) is 0.0261. The van der Waals surface area contributed by atoms with Crippen LogP contribution in [-0.2, 0) is 28.6 Å². The van der Waals surface area contributed by atoms with Crippen LogP contribution in [0.4, 0.5) is 0 Å². The Labute approximate surface area is 486 Å². The molecule has 0 aliphatic carbocycles. The zero-order valence-electron chi connectivity index (χ0n) is 50.8. The number of hydrogen-bond acceptors (Lipinski definition) is 6. The van der Waals surface area contributed by atoms with Crippen molar-refractivity contribution in [2.75, 3.05) is 13.2 Å². The van der Waals surface area contributed by atoms with Crippen LogP contribution in [-0.4, -0.2) is 37.2 Å². The maximum Gasteiger partial charge on any atom is 0.306 e. The van der Waals surface area contributed by atoms with E-state index in [0.717, 1.165) is 161 Å². The molecule has 1 unspecified atom stereocenters. The van der Waals surface area contributed by atoms with E-state index >= 15 is 0 Å². The van der Waals surface area contributed by atoms with E-state index in [0.29, 0.717) is 19.3 Å². The van der Waals surface area contributed by atoms with Gasteiger partial charge in [0.15, 0.2) is 6.10 Å². The van der Waals surface area contributed by atoms with E-state index in [9.17, 15) is 14.4 Å². The van der Waals surface area contributed by atoms with E-state index < -0.39 is 6.10 Å². The Balaban J connectivity index is 4.23. The monoisotopic (exact) mass is 1090 g/mol. The number of unbranched alkanes of at least 4 members (excludes halogenated alkanes) is 19. The normalized spacial score (nSPS) is 13.2. The van der Waals surface area contributed by atoms with Crippen LogP contribution in [0.1, 0.15) is 265 Å². The van der Waals surface area contributed by atoms with E-state index in [-0.39, 0.29) is 31.1 Å². The minimum atomic E-state index is -0.799. The van der Waals surface area contributed by atoms with E-state index in [2.05, 4.69) is 179 Å². The number of carbonyl (C=O) groups is 3. The van der Waals surface area contributed by atoms with Gasteiger partial charge in [-0.05, 0) is 128 Å². The van der Waals surface area contributed by atoms with Gasteiger partial charge in [-0.25, -0.2) is 0 Å². The zero-order chi connectivity index (χ0) is 57.1. The highest BCUT2D eigenvalue weighted by molar-refractivity contribution is 5.71. The summed E-state index contributed by atoms with van der Waals surface area (Å²) in [6, 6.07) is 0. The topological polar surface area (TPSA) is 78.9 Å². The first-order chi connectivity index (χ1) is 39.0. The van der Waals surface area contributed by atoms with Gasteiger partial charge in [-0.3, -0.25) is 14.4 Å². The van der Waals surface area contributed by atoms with Crippen molar-refractivity contribution >= 4 is 17.9 Å². The third-order valence-corrected chi connectivity index (χ3v) is 13.0. The molecule has 79 heavy (non-hydrogen) atoms. The van der Waals surface area contributed by atoms with Crippen molar-refractivity contribution < 1.29 is 28.6 Å². The third-order valence-electron chi connectivity index (χ3n) is 13.0. The molecule has 1 atom stereocenters. The lowest BCUT2D eigenvalue weighted by atomic mass is 10.1. The average Bonchev–Trinajstić information content (AvgIpc) is 3.45. The second-order valence-corrected chi connectivity index (χ2v) is 20.6. The molecule has 0 bridgehead atoms. The van der Waals surface area contributed by atoms with E-state index in [1.54, 1.807) is 0 Å². The molecular weight excluding hydrogens is 973 g/mol. The Morgan fingerprint density at radius 3 is 0.772 bits per heavy atom. The van der Waals surface area contributed by atoms with Crippen molar-refractivity contribution in [3.8, 4) is 0 Å². The van der Waals surface area contributed by atoms with Gasteiger partial charge in [-0.1, -0.05) is 275 Å². The molecule has 0 saturated heterocycles. The summed E-state index contributed by atoms with van der Waals surface area (Å²) >= 11 is 0. The lowest BCUT2D eigenvalue weighted by molar-refractivity contribution is -0.167. The van der Waals surface area contributed by atoms with Gasteiger partial charge in [-0.2, -0.15) is 0 Å². The molecule has 0 aromatic heterocycles. The molecule has 0 spiro atoms. The lowest BCUT2D eigenvalue weighted by Crippen LogP contribution is -2.30. The predicted molar refractivity (Wildman–Crippen MR) is 343 cm³/mol. The molecule has 6 nitrogen and oxygen atoms in total. The van der Waals surface area contributed by atoms with E-state index in [1.165, 1.54) is 64.2 Å². The number of esters is 3. The van der Waals surface area contributed by atoms with Crippen molar-refractivity contribution in [2.24, 2.45) is 0 Å². The molecule has 0 fully saturated rings. The smallest absolute Gasteiger partial charge is 0.306 e. The summed E-state index contributed by atoms with van der Waals surface area (Å²) in [5.41, 5.74) is 0. The average molecular weight is 1090 g/mol. The van der Waals surface area contributed by atoms with Crippen LogP contribution in [0.5, 0.6) is 0 Å². The molecule has 444 valence electrons. The first-order valence-electron chi connectivity index (χ1n) is 32.0. The first kappa shape index (κ1) is 74.0. The fourth-order valence-corrected chi connectivity index (χ4v) is 8.31. The van der Waals surface area contributed by atoms with Gasteiger partial charge in [0.1, 0.15) is 13.2 Å². The van der Waals surface area contributed by atoms with Crippen molar-refractivity contribution in [1.29, 1.82) is 0 Å². The summed E-state index contributed by atoms with van der Waals surface area (Å²) in [4.78, 5) is 38.1. The Kier molecular flexibility index (Phi) is 61.4. The standard InChI is InChI=1S/C73H116O6/c1-4-7-10-13-16-18-20-22-24-26-28-30-32-33-34-35-36-37-38-39-41-42-44-46-48-50-52-54-57-60-63-66-72(75)78-69-70(68-77-71(74)65-62-59-56-15-12-9-6-3)79-73(76)67-64-61-58-55-53-51-49-47-45-43-40-31-29-27-25-23-21-19-17-14-11-8-5-2/h7-8,10-11,16-19,22-25,28-31,33-34,36-37,39,41,43,45,49,51,70H,4-6,9,12-15,20-21,26-27,32,35,38,40,42,44,46-48,50,52-69H2,1-3H3/b10-7-,11-8-,18-16-,19-17-,24-22-,25-23-,30-28-,31-29-,34-33-,37-36-,41-39-,45-43-,51-49-. The molecule has 0 aromatic rings. The molecule has 0 aliphatic rings. The van der Waals surface area contributed by atoms with Crippen LogP contribution in [0.3, 0.4) is 0 Å². The summed E-state index contributed by atoms with van der Waals surface area (Å²) in [7, 11) is 0. The van der Waals surface area contributed by atoms with Gasteiger partial charge in [-0.15, -0.1) is 0 Å². The van der Waals surface area contributed by atoms with Gasteiger partial charge in [0, 0.05) is 19.3 Å². The highest BCUT2D eigenvalue weighted by Gasteiger charge is 2.19. The first-order valence-corrected chi connectivity index (χ1v) is 32.0. The summed E-state index contributed by atoms with van der Waals surface area (Å²) in [5, 5.41) is 0. The summed E-state index contributed by atoms with van der Waals surface area (Å²) < 4.78 is 16.8. The van der Waals surface area contributed by atoms with Crippen molar-refractivity contribution in [3.63, 3.8) is 0 Å². The number of rotatable bonds is 56. The Hall–Kier alpha value is -4.97. The lowest BCUT2D eigenvalue weighted by Gasteiger charge is -2.18. The number of ether oxygens (including phenoxy) is 3. The highest BCUT2D eigenvalue weighted by Crippen LogP contribution is 2.14. The van der Waals surface area contributed by atoms with Crippen molar-refractivity contribution in [2.45, 2.75) is 271 Å². The molecular formula is C73H116O6. The van der Waals surface area contributed by atoms with Crippen LogP contribution < -0.4 is 0 Å². The van der Waals surface area contributed by atoms with Crippen molar-refractivity contribution in [1.82, 2.24) is 0 Å². The predicted octanol–water partition coefficient (Wildman–Crippen LogP) is 22.1. The summed E-state index contributed by atoms with van der Waals surface area (Å²) in [6.07, 6.45) is 95.5. The Morgan fingerprint density at radius 2 is 0.494 bits per heavy atom. The second-order valence-electron chi connectivity index (χ2n) is 20.6. The van der Waals surface area contributed by atoms with Gasteiger partial charge in [0.05, 0.1) is 0 Å². The van der Waals surface area contributed by atoms with Crippen LogP contribution in [0.25, 0.3) is 0 Å². The van der Waals surface area contributed by atoms with E-state index in [4.69, 9.17) is 14.2 Å². The van der Waals surface area contributed by atoms with Crippen LogP contribution in [0.15, 0.2) is 158 Å². The molecule has 0 amide bonds. The summed E-state index contributed by atoms with van der Waals surface area (Å²) in [5.74, 6) is -0.937. The maximum absolute atomic E-state index is 12.9. The van der Waals surface area contributed by atoms with Gasteiger partial charge < -0.3 is 14.2 Å². The third kappa shape index (κ3) is 63.7. The second kappa shape index (κ2) is 65.5. The molecule has 0 rings (SSSR count). The Morgan fingerprint density at radius 1 is 0.266 bits per heavy atom. The fourth-order valence-electron chi connectivity index (χ4n) is 8.31. The van der Waals surface area contributed by atoms with Gasteiger partial charge in [0.2, 0.25) is 0 Å². The van der Waals surface area contributed by atoms with Gasteiger partial charge >= 0.3 is 17.9 Å².